The highest BCUT2D eigenvalue weighted by molar-refractivity contribution is 5.76. The topological polar surface area (TPSA) is 77.6 Å². The van der Waals surface area contributed by atoms with Crippen LogP contribution in [0.2, 0.25) is 0 Å². The van der Waals surface area contributed by atoms with Crippen LogP contribution < -0.4 is 5.32 Å². The van der Waals surface area contributed by atoms with E-state index in [-0.39, 0.29) is 11.9 Å². The van der Waals surface area contributed by atoms with Crippen molar-refractivity contribution in [1.29, 1.82) is 0 Å². The minimum absolute atomic E-state index is 0.0219. The van der Waals surface area contributed by atoms with Gasteiger partial charge in [0, 0.05) is 37.8 Å². The van der Waals surface area contributed by atoms with Gasteiger partial charge in [0.05, 0.1) is 6.04 Å². The molecule has 0 saturated heterocycles. The van der Waals surface area contributed by atoms with Crippen LogP contribution in [-0.4, -0.2) is 37.0 Å². The molecule has 2 heterocycles. The molecule has 0 radical (unpaired) electrons. The average molecular weight is 290 g/mol. The van der Waals surface area contributed by atoms with Crippen LogP contribution in [0.4, 0.5) is 0 Å². The zero-order valence-corrected chi connectivity index (χ0v) is 12.7. The summed E-state index contributed by atoms with van der Waals surface area (Å²) in [5.74, 6) is 0.916. The first-order chi connectivity index (χ1) is 10.1. The van der Waals surface area contributed by atoms with E-state index in [0.717, 1.165) is 5.82 Å². The predicted octanol–water partition coefficient (Wildman–Crippen LogP) is 1.37. The highest BCUT2D eigenvalue weighted by atomic mass is 16.1. The normalized spacial score (nSPS) is 12.6. The number of hydrogen-bond acceptors (Lipinski definition) is 4. The van der Waals surface area contributed by atoms with E-state index >= 15 is 0 Å². The van der Waals surface area contributed by atoms with Gasteiger partial charge in [-0.15, -0.1) is 10.2 Å². The third kappa shape index (κ3) is 4.14. The zero-order valence-electron chi connectivity index (χ0n) is 12.7. The van der Waals surface area contributed by atoms with Crippen LogP contribution in [0.3, 0.4) is 0 Å². The number of nitrogens with one attached hydrogen (secondary N) is 1. The minimum Gasteiger partial charge on any atom is -0.356 e. The SMILES string of the molecule is CC(CC(=O)NCCc1nncn1C(C)C)n1cccn1. The first kappa shape index (κ1) is 15.2. The molecule has 1 amide bonds. The summed E-state index contributed by atoms with van der Waals surface area (Å²) >= 11 is 0. The van der Waals surface area contributed by atoms with Crippen LogP contribution in [0.1, 0.15) is 45.1 Å². The van der Waals surface area contributed by atoms with Crippen molar-refractivity contribution in [3.05, 3.63) is 30.6 Å². The van der Waals surface area contributed by atoms with Gasteiger partial charge in [-0.3, -0.25) is 9.48 Å². The fourth-order valence-corrected chi connectivity index (χ4v) is 2.17. The average Bonchev–Trinajstić information content (AvgIpc) is 3.09. The Morgan fingerprint density at radius 1 is 1.38 bits per heavy atom. The van der Waals surface area contributed by atoms with Crippen molar-refractivity contribution in [3.8, 4) is 0 Å². The first-order valence-electron chi connectivity index (χ1n) is 7.22. The molecule has 0 aliphatic carbocycles. The van der Waals surface area contributed by atoms with Gasteiger partial charge < -0.3 is 9.88 Å². The van der Waals surface area contributed by atoms with Crippen molar-refractivity contribution in [2.45, 2.75) is 45.7 Å². The molecule has 2 aromatic rings. The molecule has 7 nitrogen and oxygen atoms in total. The summed E-state index contributed by atoms with van der Waals surface area (Å²) in [6.45, 7) is 6.70. The third-order valence-electron chi connectivity index (χ3n) is 3.33. The van der Waals surface area contributed by atoms with Gasteiger partial charge in [0.15, 0.2) is 0 Å². The Bertz CT molecular complexity index is 560. The van der Waals surface area contributed by atoms with Gasteiger partial charge >= 0.3 is 0 Å². The number of aromatic nitrogens is 5. The van der Waals surface area contributed by atoms with Gasteiger partial charge in [-0.05, 0) is 26.8 Å². The number of amides is 1. The van der Waals surface area contributed by atoms with Crippen molar-refractivity contribution in [2.24, 2.45) is 0 Å². The maximum Gasteiger partial charge on any atom is 0.222 e. The molecule has 2 aromatic heterocycles. The van der Waals surface area contributed by atoms with E-state index < -0.39 is 0 Å². The number of carbonyl (C=O) groups excluding carboxylic acids is 1. The molecular weight excluding hydrogens is 268 g/mol. The van der Waals surface area contributed by atoms with Crippen molar-refractivity contribution in [2.75, 3.05) is 6.54 Å². The molecule has 2 rings (SSSR count). The van der Waals surface area contributed by atoms with Gasteiger partial charge in [0.2, 0.25) is 5.91 Å². The van der Waals surface area contributed by atoms with Crippen LogP contribution in [-0.2, 0) is 11.2 Å². The molecule has 114 valence electrons. The maximum atomic E-state index is 11.9. The van der Waals surface area contributed by atoms with Crippen LogP contribution in [0.25, 0.3) is 0 Å². The van der Waals surface area contributed by atoms with E-state index in [1.165, 1.54) is 0 Å². The lowest BCUT2D eigenvalue weighted by molar-refractivity contribution is -0.121. The maximum absolute atomic E-state index is 11.9. The standard InChI is InChI=1S/C14H22N6O/c1-11(2)19-10-16-18-13(19)5-7-15-14(21)9-12(3)20-8-4-6-17-20/h4,6,8,10-12H,5,7,9H2,1-3H3,(H,15,21). The summed E-state index contributed by atoms with van der Waals surface area (Å²) in [6.07, 6.45) is 6.40. The summed E-state index contributed by atoms with van der Waals surface area (Å²) in [5.41, 5.74) is 0. The van der Waals surface area contributed by atoms with E-state index in [4.69, 9.17) is 0 Å². The lowest BCUT2D eigenvalue weighted by atomic mass is 10.2. The summed E-state index contributed by atoms with van der Waals surface area (Å²) in [5, 5.41) is 15.1. The second-order valence-corrected chi connectivity index (χ2v) is 5.39. The molecule has 1 unspecified atom stereocenters. The molecule has 7 heteroatoms. The van der Waals surface area contributed by atoms with Crippen LogP contribution in [0.15, 0.2) is 24.8 Å². The number of hydrogen-bond donors (Lipinski definition) is 1. The number of nitrogens with zero attached hydrogens (tertiary/aromatic N) is 5. The quantitative estimate of drug-likeness (QED) is 0.835. The van der Waals surface area contributed by atoms with E-state index in [1.807, 2.05) is 23.8 Å². The Kier molecular flexibility index (Phi) is 5.08. The smallest absolute Gasteiger partial charge is 0.222 e. The third-order valence-corrected chi connectivity index (χ3v) is 3.33. The molecule has 1 atom stereocenters. The molecule has 21 heavy (non-hydrogen) atoms. The molecule has 0 aliphatic heterocycles. The van der Waals surface area contributed by atoms with Gasteiger partial charge in [0.25, 0.3) is 0 Å². The van der Waals surface area contributed by atoms with Gasteiger partial charge in [-0.2, -0.15) is 5.10 Å². The van der Waals surface area contributed by atoms with Crippen LogP contribution in [0, 0.1) is 0 Å². The fourth-order valence-electron chi connectivity index (χ4n) is 2.17. The molecule has 0 aromatic carbocycles. The van der Waals surface area contributed by atoms with Gasteiger partial charge in [-0.25, -0.2) is 0 Å². The predicted molar refractivity (Wildman–Crippen MR) is 78.7 cm³/mol. The van der Waals surface area contributed by atoms with E-state index in [0.29, 0.717) is 25.4 Å². The van der Waals surface area contributed by atoms with Crippen molar-refractivity contribution >= 4 is 5.91 Å². The highest BCUT2D eigenvalue weighted by Gasteiger charge is 2.11. The van der Waals surface area contributed by atoms with Crippen LogP contribution >= 0.6 is 0 Å². The Hall–Kier alpha value is -2.18. The lowest BCUT2D eigenvalue weighted by Crippen LogP contribution is -2.28. The van der Waals surface area contributed by atoms with E-state index in [1.54, 1.807) is 17.2 Å². The van der Waals surface area contributed by atoms with Gasteiger partial charge in [0.1, 0.15) is 12.2 Å². The minimum atomic E-state index is 0.0219. The van der Waals surface area contributed by atoms with E-state index in [2.05, 4.69) is 34.5 Å². The summed E-state index contributed by atoms with van der Waals surface area (Å²) < 4.78 is 3.80. The summed E-state index contributed by atoms with van der Waals surface area (Å²) in [6, 6.07) is 2.23. The highest BCUT2D eigenvalue weighted by Crippen LogP contribution is 2.09. The Morgan fingerprint density at radius 3 is 2.86 bits per heavy atom. The molecule has 0 saturated carbocycles. The molecule has 0 bridgehead atoms. The molecule has 0 fully saturated rings. The van der Waals surface area contributed by atoms with Gasteiger partial charge in [-0.1, -0.05) is 0 Å². The fraction of sp³-hybridized carbons (Fsp3) is 0.571. The Balaban J connectivity index is 1.75. The molecular formula is C14H22N6O. The van der Waals surface area contributed by atoms with Crippen molar-refractivity contribution in [3.63, 3.8) is 0 Å². The summed E-state index contributed by atoms with van der Waals surface area (Å²) in [7, 11) is 0. The second-order valence-electron chi connectivity index (χ2n) is 5.39. The number of carbonyl (C=O) groups is 1. The van der Waals surface area contributed by atoms with Crippen molar-refractivity contribution in [1.82, 2.24) is 29.9 Å². The Labute approximate surface area is 124 Å². The monoisotopic (exact) mass is 290 g/mol. The number of rotatable bonds is 7. The Morgan fingerprint density at radius 2 is 2.19 bits per heavy atom. The lowest BCUT2D eigenvalue weighted by Gasteiger charge is -2.13. The van der Waals surface area contributed by atoms with Crippen molar-refractivity contribution < 1.29 is 4.79 Å². The second kappa shape index (κ2) is 7.01. The van der Waals surface area contributed by atoms with E-state index in [9.17, 15) is 4.79 Å². The largest absolute Gasteiger partial charge is 0.356 e. The molecule has 0 aliphatic rings. The summed E-state index contributed by atoms with van der Waals surface area (Å²) in [4.78, 5) is 11.9. The first-order valence-corrected chi connectivity index (χ1v) is 7.22. The molecule has 0 spiro atoms. The van der Waals surface area contributed by atoms with Crippen LogP contribution in [0.5, 0.6) is 0 Å². The zero-order chi connectivity index (χ0) is 15.2. The molecule has 1 N–H and O–H groups in total.